The highest BCUT2D eigenvalue weighted by Crippen LogP contribution is 2.39. The van der Waals surface area contributed by atoms with Crippen LogP contribution < -0.4 is 5.73 Å². The Bertz CT molecular complexity index is 139. The normalized spacial score (nSPS) is 12.5. The van der Waals surface area contributed by atoms with Crippen molar-refractivity contribution in [3.05, 3.63) is 12.7 Å². The Balaban J connectivity index is 4.54. The van der Waals surface area contributed by atoms with Crippen LogP contribution in [0.15, 0.2) is 12.7 Å². The average Bonchev–Trinajstić information content (AvgIpc) is 2.05. The standard InChI is InChI=1S/C12H25N/c1-6-7-8-12(9-13,10(2)3)11(4)5/h6,10-11H,1,7-9,13H2,2-5H3. The number of nitrogens with two attached hydrogens (primary N) is 1. The largest absolute Gasteiger partial charge is 0.330 e. The van der Waals surface area contributed by atoms with E-state index >= 15 is 0 Å². The highest BCUT2D eigenvalue weighted by Gasteiger charge is 2.34. The van der Waals surface area contributed by atoms with Crippen LogP contribution in [0.1, 0.15) is 40.5 Å². The first-order valence-corrected chi connectivity index (χ1v) is 5.32. The first-order valence-electron chi connectivity index (χ1n) is 5.32. The number of hydrogen-bond donors (Lipinski definition) is 1. The smallest absolute Gasteiger partial charge is 0.00155 e. The Kier molecular flexibility index (Phi) is 5.31. The molecule has 0 heterocycles. The second-order valence-electron chi connectivity index (χ2n) is 4.57. The van der Waals surface area contributed by atoms with Gasteiger partial charge in [0, 0.05) is 0 Å². The Morgan fingerprint density at radius 3 is 1.92 bits per heavy atom. The lowest BCUT2D eigenvalue weighted by atomic mass is 9.66. The van der Waals surface area contributed by atoms with Gasteiger partial charge in [0.15, 0.2) is 0 Å². The molecule has 0 aliphatic heterocycles. The molecule has 0 aliphatic rings. The Hall–Kier alpha value is -0.300. The summed E-state index contributed by atoms with van der Waals surface area (Å²) in [7, 11) is 0. The van der Waals surface area contributed by atoms with Gasteiger partial charge in [-0.05, 0) is 36.6 Å². The highest BCUT2D eigenvalue weighted by molar-refractivity contribution is 4.88. The molecule has 0 radical (unpaired) electrons. The summed E-state index contributed by atoms with van der Waals surface area (Å²) in [5.41, 5.74) is 6.22. The minimum absolute atomic E-state index is 0.300. The Morgan fingerprint density at radius 2 is 1.69 bits per heavy atom. The van der Waals surface area contributed by atoms with Gasteiger partial charge >= 0.3 is 0 Å². The molecule has 0 atom stereocenters. The summed E-state index contributed by atoms with van der Waals surface area (Å²) in [6, 6.07) is 0. The van der Waals surface area contributed by atoms with E-state index in [0.29, 0.717) is 17.3 Å². The predicted molar refractivity (Wildman–Crippen MR) is 60.6 cm³/mol. The van der Waals surface area contributed by atoms with Gasteiger partial charge in [-0.25, -0.2) is 0 Å². The fraction of sp³-hybridized carbons (Fsp3) is 0.833. The van der Waals surface area contributed by atoms with Crippen molar-refractivity contribution >= 4 is 0 Å². The van der Waals surface area contributed by atoms with Crippen molar-refractivity contribution in [3.63, 3.8) is 0 Å². The van der Waals surface area contributed by atoms with E-state index < -0.39 is 0 Å². The second kappa shape index (κ2) is 5.43. The van der Waals surface area contributed by atoms with Crippen LogP contribution in [-0.2, 0) is 0 Å². The van der Waals surface area contributed by atoms with Crippen LogP contribution in [0.25, 0.3) is 0 Å². The van der Waals surface area contributed by atoms with Crippen LogP contribution in [0.4, 0.5) is 0 Å². The summed E-state index contributed by atoms with van der Waals surface area (Å²) >= 11 is 0. The van der Waals surface area contributed by atoms with Crippen molar-refractivity contribution in [2.75, 3.05) is 6.54 Å². The van der Waals surface area contributed by atoms with Crippen molar-refractivity contribution in [1.29, 1.82) is 0 Å². The molecule has 2 N–H and O–H groups in total. The molecule has 1 nitrogen and oxygen atoms in total. The second-order valence-corrected chi connectivity index (χ2v) is 4.57. The van der Waals surface area contributed by atoms with Crippen molar-refractivity contribution in [3.8, 4) is 0 Å². The Morgan fingerprint density at radius 1 is 1.23 bits per heavy atom. The van der Waals surface area contributed by atoms with E-state index in [1.807, 2.05) is 6.08 Å². The van der Waals surface area contributed by atoms with E-state index in [1.54, 1.807) is 0 Å². The molecule has 0 saturated carbocycles. The van der Waals surface area contributed by atoms with Crippen LogP contribution in [0.3, 0.4) is 0 Å². The lowest BCUT2D eigenvalue weighted by Gasteiger charge is -2.40. The van der Waals surface area contributed by atoms with E-state index in [1.165, 1.54) is 6.42 Å². The third-order valence-electron chi connectivity index (χ3n) is 3.49. The third-order valence-corrected chi connectivity index (χ3v) is 3.49. The predicted octanol–water partition coefficient (Wildman–Crippen LogP) is 3.21. The highest BCUT2D eigenvalue weighted by atomic mass is 14.6. The molecule has 1 heteroatoms. The van der Waals surface area contributed by atoms with Gasteiger partial charge in [-0.2, -0.15) is 0 Å². The van der Waals surface area contributed by atoms with Gasteiger partial charge in [-0.15, -0.1) is 6.58 Å². The number of rotatable bonds is 6. The van der Waals surface area contributed by atoms with Crippen LogP contribution >= 0.6 is 0 Å². The molecule has 0 spiro atoms. The van der Waals surface area contributed by atoms with Crippen molar-refractivity contribution in [2.24, 2.45) is 23.0 Å². The van der Waals surface area contributed by atoms with E-state index in [4.69, 9.17) is 5.73 Å². The van der Waals surface area contributed by atoms with E-state index in [2.05, 4.69) is 34.3 Å². The average molecular weight is 183 g/mol. The summed E-state index contributed by atoms with van der Waals surface area (Å²) in [6.07, 6.45) is 4.24. The van der Waals surface area contributed by atoms with Crippen LogP contribution in [0.2, 0.25) is 0 Å². The summed E-state index contributed by atoms with van der Waals surface area (Å²) < 4.78 is 0. The number of hydrogen-bond acceptors (Lipinski definition) is 1. The minimum atomic E-state index is 0.300. The zero-order valence-electron chi connectivity index (χ0n) is 9.64. The van der Waals surface area contributed by atoms with Gasteiger partial charge in [0.25, 0.3) is 0 Å². The monoisotopic (exact) mass is 183 g/mol. The molecular weight excluding hydrogens is 158 g/mol. The Labute approximate surface area is 83.4 Å². The summed E-state index contributed by atoms with van der Waals surface area (Å²) in [4.78, 5) is 0. The van der Waals surface area contributed by atoms with Gasteiger partial charge in [0.2, 0.25) is 0 Å². The molecular formula is C12H25N. The van der Waals surface area contributed by atoms with E-state index in [9.17, 15) is 0 Å². The first-order chi connectivity index (χ1) is 6.01. The topological polar surface area (TPSA) is 26.0 Å². The van der Waals surface area contributed by atoms with Crippen LogP contribution in [-0.4, -0.2) is 6.54 Å². The molecule has 0 aromatic heterocycles. The quantitative estimate of drug-likeness (QED) is 0.629. The molecule has 0 rings (SSSR count). The molecule has 0 aliphatic carbocycles. The van der Waals surface area contributed by atoms with Crippen molar-refractivity contribution in [2.45, 2.75) is 40.5 Å². The van der Waals surface area contributed by atoms with Crippen LogP contribution in [0.5, 0.6) is 0 Å². The molecule has 0 unspecified atom stereocenters. The summed E-state index contributed by atoms with van der Waals surface area (Å²) in [5, 5.41) is 0. The van der Waals surface area contributed by atoms with E-state index in [-0.39, 0.29) is 0 Å². The fourth-order valence-corrected chi connectivity index (χ4v) is 2.19. The van der Waals surface area contributed by atoms with E-state index in [0.717, 1.165) is 13.0 Å². The molecule has 0 amide bonds. The van der Waals surface area contributed by atoms with Crippen molar-refractivity contribution < 1.29 is 0 Å². The first kappa shape index (κ1) is 12.7. The van der Waals surface area contributed by atoms with Gasteiger partial charge in [0.05, 0.1) is 0 Å². The molecule has 0 aromatic carbocycles. The zero-order chi connectivity index (χ0) is 10.5. The van der Waals surface area contributed by atoms with Gasteiger partial charge in [-0.1, -0.05) is 33.8 Å². The van der Waals surface area contributed by atoms with Gasteiger partial charge in [0.1, 0.15) is 0 Å². The zero-order valence-corrected chi connectivity index (χ0v) is 9.64. The lowest BCUT2D eigenvalue weighted by molar-refractivity contribution is 0.110. The molecule has 0 saturated heterocycles. The number of allylic oxidation sites excluding steroid dienone is 1. The van der Waals surface area contributed by atoms with Crippen molar-refractivity contribution in [1.82, 2.24) is 0 Å². The van der Waals surface area contributed by atoms with Gasteiger partial charge in [-0.3, -0.25) is 0 Å². The summed E-state index contributed by atoms with van der Waals surface area (Å²) in [5.74, 6) is 1.30. The lowest BCUT2D eigenvalue weighted by Crippen LogP contribution is -2.40. The molecule has 0 aromatic rings. The maximum atomic E-state index is 5.92. The molecule has 13 heavy (non-hydrogen) atoms. The maximum Gasteiger partial charge on any atom is -0.00155 e. The SMILES string of the molecule is C=CCCC(CN)(C(C)C)C(C)C. The molecule has 78 valence electrons. The van der Waals surface area contributed by atoms with Gasteiger partial charge < -0.3 is 5.73 Å². The molecule has 0 bridgehead atoms. The fourth-order valence-electron chi connectivity index (χ4n) is 2.19. The van der Waals surface area contributed by atoms with Crippen LogP contribution in [0, 0.1) is 17.3 Å². The molecule has 0 fully saturated rings. The summed E-state index contributed by atoms with van der Waals surface area (Å²) in [6.45, 7) is 13.7. The maximum absolute atomic E-state index is 5.92. The minimum Gasteiger partial charge on any atom is -0.330 e. The third kappa shape index (κ3) is 2.84.